The Labute approximate surface area is 166 Å². The van der Waals surface area contributed by atoms with Gasteiger partial charge in [0.2, 0.25) is 5.75 Å². The molecule has 0 saturated heterocycles. The van der Waals surface area contributed by atoms with Crippen molar-refractivity contribution in [2.24, 2.45) is 0 Å². The van der Waals surface area contributed by atoms with Gasteiger partial charge in [-0.05, 0) is 35.8 Å². The number of anilines is 1. The molecule has 0 aliphatic carbocycles. The molecule has 146 valence electrons. The maximum Gasteiger partial charge on any atom is 0.269 e. The molecule has 1 aromatic heterocycles. The highest BCUT2D eigenvalue weighted by molar-refractivity contribution is 7.08. The number of amides is 1. The smallest absolute Gasteiger partial charge is 0.269 e. The van der Waals surface area contributed by atoms with E-state index >= 15 is 0 Å². The van der Waals surface area contributed by atoms with Crippen molar-refractivity contribution in [1.82, 2.24) is 9.59 Å². The number of aromatic nitrogens is 2. The third kappa shape index (κ3) is 3.84. The van der Waals surface area contributed by atoms with Crippen LogP contribution in [0.3, 0.4) is 0 Å². The zero-order chi connectivity index (χ0) is 20.1. The highest BCUT2D eigenvalue weighted by Gasteiger charge is 2.20. The number of hydrogen-bond donors (Lipinski definition) is 1. The summed E-state index contributed by atoms with van der Waals surface area (Å²) in [6.07, 6.45) is 0. The van der Waals surface area contributed by atoms with Crippen LogP contribution in [-0.2, 0) is 0 Å². The first-order valence-corrected chi connectivity index (χ1v) is 8.96. The van der Waals surface area contributed by atoms with Crippen molar-refractivity contribution >= 4 is 23.1 Å². The first-order chi connectivity index (χ1) is 13.6. The Hall–Kier alpha value is -3.33. The van der Waals surface area contributed by atoms with Crippen LogP contribution in [-0.4, -0.2) is 43.9 Å². The molecule has 8 nitrogen and oxygen atoms in total. The van der Waals surface area contributed by atoms with Gasteiger partial charge in [-0.1, -0.05) is 4.49 Å². The quantitative estimate of drug-likeness (QED) is 0.648. The average molecular weight is 401 g/mol. The fraction of sp³-hybridized carbons (Fsp3) is 0.211. The van der Waals surface area contributed by atoms with Gasteiger partial charge in [-0.15, -0.1) is 5.10 Å². The number of hydrogen-bond acceptors (Lipinski definition) is 8. The van der Waals surface area contributed by atoms with Crippen molar-refractivity contribution in [3.05, 3.63) is 41.3 Å². The Kier molecular flexibility index (Phi) is 5.95. The number of benzene rings is 2. The Bertz CT molecular complexity index is 947. The van der Waals surface area contributed by atoms with Crippen molar-refractivity contribution in [3.8, 4) is 34.3 Å². The summed E-state index contributed by atoms with van der Waals surface area (Å²) in [4.78, 5) is 13.2. The Morgan fingerprint density at radius 3 is 2.11 bits per heavy atom. The number of rotatable bonds is 7. The van der Waals surface area contributed by atoms with Crippen LogP contribution in [0.15, 0.2) is 36.4 Å². The van der Waals surface area contributed by atoms with E-state index in [0.717, 1.165) is 22.8 Å². The van der Waals surface area contributed by atoms with Gasteiger partial charge < -0.3 is 24.3 Å². The first-order valence-electron chi connectivity index (χ1n) is 8.19. The van der Waals surface area contributed by atoms with Gasteiger partial charge in [0.15, 0.2) is 11.5 Å². The van der Waals surface area contributed by atoms with Crippen LogP contribution in [0.2, 0.25) is 0 Å². The van der Waals surface area contributed by atoms with Gasteiger partial charge in [0.25, 0.3) is 5.91 Å². The van der Waals surface area contributed by atoms with Gasteiger partial charge >= 0.3 is 0 Å². The number of methoxy groups -OCH3 is 4. The van der Waals surface area contributed by atoms with E-state index in [1.165, 1.54) is 21.3 Å². The summed E-state index contributed by atoms with van der Waals surface area (Å²) in [5.74, 6) is 1.71. The van der Waals surface area contributed by atoms with E-state index in [1.54, 1.807) is 31.4 Å². The second kappa shape index (κ2) is 8.57. The van der Waals surface area contributed by atoms with Crippen molar-refractivity contribution < 1.29 is 23.7 Å². The number of ether oxygens (including phenoxy) is 4. The van der Waals surface area contributed by atoms with Gasteiger partial charge in [0, 0.05) is 23.4 Å². The Morgan fingerprint density at radius 2 is 1.57 bits per heavy atom. The minimum atomic E-state index is -0.338. The molecule has 3 aromatic rings. The van der Waals surface area contributed by atoms with Gasteiger partial charge in [-0.3, -0.25) is 4.79 Å². The monoisotopic (exact) mass is 401 g/mol. The third-order valence-corrected chi connectivity index (χ3v) is 4.70. The molecule has 1 heterocycles. The largest absolute Gasteiger partial charge is 0.497 e. The number of carbonyl (C=O) groups is 1. The topological polar surface area (TPSA) is 91.8 Å². The molecule has 9 heteroatoms. The van der Waals surface area contributed by atoms with Crippen molar-refractivity contribution in [3.63, 3.8) is 0 Å². The lowest BCUT2D eigenvalue weighted by Gasteiger charge is -2.14. The van der Waals surface area contributed by atoms with Crippen molar-refractivity contribution in [1.29, 1.82) is 0 Å². The fourth-order valence-corrected chi connectivity index (χ4v) is 3.20. The highest BCUT2D eigenvalue weighted by atomic mass is 32.1. The zero-order valence-corrected chi connectivity index (χ0v) is 16.6. The van der Waals surface area contributed by atoms with Crippen molar-refractivity contribution in [2.45, 2.75) is 0 Å². The molecule has 3 rings (SSSR count). The predicted molar refractivity (Wildman–Crippen MR) is 106 cm³/mol. The maximum absolute atomic E-state index is 12.8. The lowest BCUT2D eigenvalue weighted by atomic mass is 10.1. The Balaban J connectivity index is 1.89. The fourth-order valence-electron chi connectivity index (χ4n) is 2.62. The first kappa shape index (κ1) is 19.4. The molecular weight excluding hydrogens is 382 g/mol. The summed E-state index contributed by atoms with van der Waals surface area (Å²) in [6, 6.07) is 10.6. The summed E-state index contributed by atoms with van der Waals surface area (Å²) in [5, 5.41) is 6.93. The maximum atomic E-state index is 12.8. The standard InChI is InChI=1S/C19H19N3O5S/c1-24-13-7-5-11(6-8-13)16-18(28-22-21-16)19(23)20-12-9-14(25-2)17(27-4)15(10-12)26-3/h5-10H,1-4H3,(H,20,23). The van der Waals surface area contributed by atoms with E-state index in [2.05, 4.69) is 14.9 Å². The molecule has 2 aromatic carbocycles. The van der Waals surface area contributed by atoms with Crippen LogP contribution >= 0.6 is 11.5 Å². The minimum Gasteiger partial charge on any atom is -0.497 e. The molecule has 0 atom stereocenters. The van der Waals surface area contributed by atoms with Crippen LogP contribution in [0.4, 0.5) is 5.69 Å². The van der Waals surface area contributed by atoms with E-state index in [-0.39, 0.29) is 5.91 Å². The van der Waals surface area contributed by atoms with Crippen LogP contribution in [0.1, 0.15) is 9.67 Å². The van der Waals surface area contributed by atoms with Gasteiger partial charge in [0.1, 0.15) is 16.3 Å². The van der Waals surface area contributed by atoms with Crippen LogP contribution < -0.4 is 24.3 Å². The molecule has 0 unspecified atom stereocenters. The van der Waals surface area contributed by atoms with Crippen LogP contribution in [0, 0.1) is 0 Å². The molecule has 1 amide bonds. The molecule has 0 bridgehead atoms. The van der Waals surface area contributed by atoms with E-state index < -0.39 is 0 Å². The van der Waals surface area contributed by atoms with E-state index in [1.807, 2.05) is 12.1 Å². The molecule has 0 aliphatic rings. The molecule has 0 spiro atoms. The zero-order valence-electron chi connectivity index (χ0n) is 15.8. The minimum absolute atomic E-state index is 0.338. The summed E-state index contributed by atoms with van der Waals surface area (Å²) in [6.45, 7) is 0. The lowest BCUT2D eigenvalue weighted by Crippen LogP contribution is -2.12. The van der Waals surface area contributed by atoms with Crippen molar-refractivity contribution in [2.75, 3.05) is 33.8 Å². The molecule has 0 radical (unpaired) electrons. The van der Waals surface area contributed by atoms with E-state index in [0.29, 0.717) is 33.5 Å². The van der Waals surface area contributed by atoms with E-state index in [9.17, 15) is 4.79 Å². The third-order valence-electron chi connectivity index (χ3n) is 3.98. The molecule has 0 saturated carbocycles. The molecule has 0 fully saturated rings. The Morgan fingerprint density at radius 1 is 0.929 bits per heavy atom. The number of nitrogens with one attached hydrogen (secondary N) is 1. The van der Waals surface area contributed by atoms with Crippen LogP contribution in [0.25, 0.3) is 11.3 Å². The van der Waals surface area contributed by atoms with Gasteiger partial charge in [0.05, 0.1) is 28.4 Å². The molecular formula is C19H19N3O5S. The summed E-state index contributed by atoms with van der Waals surface area (Å²) in [5.41, 5.74) is 1.76. The summed E-state index contributed by atoms with van der Waals surface area (Å²) < 4.78 is 25.0. The second-order valence-corrected chi connectivity index (χ2v) is 6.30. The number of nitrogens with zero attached hydrogens (tertiary/aromatic N) is 2. The SMILES string of the molecule is COc1ccc(-c2nnsc2C(=O)Nc2cc(OC)c(OC)c(OC)c2)cc1. The van der Waals surface area contributed by atoms with Gasteiger partial charge in [-0.25, -0.2) is 0 Å². The molecule has 0 aliphatic heterocycles. The van der Waals surface area contributed by atoms with Crippen LogP contribution in [0.5, 0.6) is 23.0 Å². The molecule has 28 heavy (non-hydrogen) atoms. The summed E-state index contributed by atoms with van der Waals surface area (Å²) in [7, 11) is 6.13. The predicted octanol–water partition coefficient (Wildman–Crippen LogP) is 3.49. The molecule has 1 N–H and O–H groups in total. The lowest BCUT2D eigenvalue weighted by molar-refractivity contribution is 0.103. The van der Waals surface area contributed by atoms with E-state index in [4.69, 9.17) is 18.9 Å². The van der Waals surface area contributed by atoms with Gasteiger partial charge in [-0.2, -0.15) is 0 Å². The highest BCUT2D eigenvalue weighted by Crippen LogP contribution is 2.40. The summed E-state index contributed by atoms with van der Waals surface area (Å²) >= 11 is 1.02. The average Bonchev–Trinajstić information content (AvgIpc) is 3.23. The second-order valence-electron chi connectivity index (χ2n) is 5.55. The normalized spacial score (nSPS) is 10.3. The number of carbonyl (C=O) groups excluding carboxylic acids is 1.